The smallest absolute Gasteiger partial charge is 0.243 e. The molecule has 6 nitrogen and oxygen atoms in total. The number of nitrogens with zero attached hydrogens (tertiary/aromatic N) is 2. The number of sulfonamides is 1. The van der Waals surface area contributed by atoms with Crippen LogP contribution in [0.25, 0.3) is 0 Å². The Morgan fingerprint density at radius 1 is 1.33 bits per heavy atom. The Balaban J connectivity index is 2.24. The van der Waals surface area contributed by atoms with Crippen LogP contribution < -0.4 is 10.6 Å². The third kappa shape index (κ3) is 3.09. The Bertz CT molecular complexity index is 613. The number of amides is 1. The molecule has 0 spiro atoms. The van der Waals surface area contributed by atoms with E-state index in [1.807, 2.05) is 0 Å². The molecule has 0 bridgehead atoms. The summed E-state index contributed by atoms with van der Waals surface area (Å²) in [5, 5.41) is 0. The molecular weight excluding hydrogens is 290 g/mol. The van der Waals surface area contributed by atoms with Crippen molar-refractivity contribution >= 4 is 21.6 Å². The number of carbonyl (C=O) groups is 1. The monoisotopic (exact) mass is 311 g/mol. The van der Waals surface area contributed by atoms with Crippen LogP contribution in [0, 0.1) is 0 Å². The molecule has 0 radical (unpaired) electrons. The minimum absolute atomic E-state index is 0.0829. The maximum atomic E-state index is 12.4. The van der Waals surface area contributed by atoms with E-state index >= 15 is 0 Å². The predicted octanol–water partition coefficient (Wildman–Crippen LogP) is 0.781. The molecule has 1 aromatic carbocycles. The summed E-state index contributed by atoms with van der Waals surface area (Å²) in [5.74, 6) is 0.0829. The first-order chi connectivity index (χ1) is 9.87. The molecular formula is C14H21N3O3S. The lowest BCUT2D eigenvalue weighted by Crippen LogP contribution is -2.39. The zero-order valence-electron chi connectivity index (χ0n) is 12.3. The topological polar surface area (TPSA) is 83.7 Å². The molecule has 1 unspecified atom stereocenters. The molecule has 21 heavy (non-hydrogen) atoms. The van der Waals surface area contributed by atoms with Crippen LogP contribution in [0.15, 0.2) is 29.2 Å². The molecule has 0 aliphatic carbocycles. The van der Waals surface area contributed by atoms with Gasteiger partial charge in [-0.3, -0.25) is 4.79 Å². The molecule has 0 saturated carbocycles. The Kier molecular flexibility index (Phi) is 4.65. The van der Waals surface area contributed by atoms with Gasteiger partial charge in [0.2, 0.25) is 15.9 Å². The number of carbonyl (C=O) groups excluding carboxylic acids is 1. The number of hydrogen-bond donors (Lipinski definition) is 1. The minimum atomic E-state index is -3.55. The van der Waals surface area contributed by atoms with Crippen LogP contribution in [0.4, 0.5) is 5.69 Å². The zero-order chi connectivity index (χ0) is 15.6. The highest BCUT2D eigenvalue weighted by Gasteiger charge is 2.26. The van der Waals surface area contributed by atoms with Crippen molar-refractivity contribution in [1.82, 2.24) is 4.31 Å². The number of hydrogen-bond acceptors (Lipinski definition) is 4. The lowest BCUT2D eigenvalue weighted by atomic mass is 10.3. The number of likely N-dealkylation sites (N-methyl/N-ethyl adjacent to an activating group) is 1. The van der Waals surface area contributed by atoms with Gasteiger partial charge in [-0.1, -0.05) is 0 Å². The van der Waals surface area contributed by atoms with Gasteiger partial charge in [0.1, 0.15) is 0 Å². The van der Waals surface area contributed by atoms with E-state index in [0.29, 0.717) is 13.0 Å². The van der Waals surface area contributed by atoms with Crippen LogP contribution in [-0.2, 0) is 14.8 Å². The van der Waals surface area contributed by atoms with Crippen LogP contribution in [0.2, 0.25) is 0 Å². The van der Waals surface area contributed by atoms with Crippen molar-refractivity contribution in [2.45, 2.75) is 30.7 Å². The van der Waals surface area contributed by atoms with Gasteiger partial charge in [0.15, 0.2) is 0 Å². The maximum Gasteiger partial charge on any atom is 0.243 e. The third-order valence-corrected chi connectivity index (χ3v) is 5.85. The van der Waals surface area contributed by atoms with Crippen molar-refractivity contribution in [1.29, 1.82) is 0 Å². The number of rotatable bonds is 5. The Labute approximate surface area is 125 Å². The molecule has 1 aliphatic heterocycles. The molecule has 0 aromatic heterocycles. The van der Waals surface area contributed by atoms with Crippen LogP contribution in [-0.4, -0.2) is 44.8 Å². The van der Waals surface area contributed by atoms with E-state index in [4.69, 9.17) is 5.73 Å². The van der Waals surface area contributed by atoms with Crippen LogP contribution in [0.3, 0.4) is 0 Å². The van der Waals surface area contributed by atoms with Crippen molar-refractivity contribution in [2.75, 3.05) is 25.0 Å². The summed E-state index contributed by atoms with van der Waals surface area (Å²) in [6, 6.07) is 6.16. The number of nitrogens with two attached hydrogens (primary N) is 1. The van der Waals surface area contributed by atoms with Crippen LogP contribution >= 0.6 is 0 Å². The van der Waals surface area contributed by atoms with E-state index in [1.165, 1.54) is 23.5 Å². The minimum Gasteiger partial charge on any atom is -0.329 e. The van der Waals surface area contributed by atoms with Crippen molar-refractivity contribution < 1.29 is 13.2 Å². The second-order valence-corrected chi connectivity index (χ2v) is 7.25. The lowest BCUT2D eigenvalue weighted by Gasteiger charge is -2.23. The zero-order valence-corrected chi connectivity index (χ0v) is 13.1. The van der Waals surface area contributed by atoms with Crippen molar-refractivity contribution in [3.05, 3.63) is 24.3 Å². The van der Waals surface area contributed by atoms with Gasteiger partial charge in [-0.2, -0.15) is 4.31 Å². The fourth-order valence-electron chi connectivity index (χ4n) is 2.27. The summed E-state index contributed by atoms with van der Waals surface area (Å²) in [5.41, 5.74) is 6.26. The first-order valence-corrected chi connectivity index (χ1v) is 8.40. The summed E-state index contributed by atoms with van der Waals surface area (Å²) in [7, 11) is -2.04. The van der Waals surface area contributed by atoms with Crippen molar-refractivity contribution in [2.24, 2.45) is 5.73 Å². The molecule has 1 aliphatic rings. The maximum absolute atomic E-state index is 12.4. The van der Waals surface area contributed by atoms with Crippen LogP contribution in [0.5, 0.6) is 0 Å². The van der Waals surface area contributed by atoms with E-state index < -0.39 is 10.0 Å². The van der Waals surface area contributed by atoms with Gasteiger partial charge < -0.3 is 10.6 Å². The highest BCUT2D eigenvalue weighted by Crippen LogP contribution is 2.24. The standard InChI is InChI=1S/C14H21N3O3S/c1-11(10-15)16(2)21(19,20)13-7-5-12(6-8-13)17-9-3-4-14(17)18/h5-8,11H,3-4,9-10,15H2,1-2H3. The average Bonchev–Trinajstić information content (AvgIpc) is 2.91. The number of benzene rings is 1. The van der Waals surface area contributed by atoms with Gasteiger partial charge in [-0.25, -0.2) is 8.42 Å². The molecule has 1 atom stereocenters. The van der Waals surface area contributed by atoms with Crippen molar-refractivity contribution in [3.63, 3.8) is 0 Å². The lowest BCUT2D eigenvalue weighted by molar-refractivity contribution is -0.117. The van der Waals surface area contributed by atoms with E-state index in [9.17, 15) is 13.2 Å². The van der Waals surface area contributed by atoms with Gasteiger partial charge in [-0.05, 0) is 37.6 Å². The third-order valence-electron chi connectivity index (χ3n) is 3.86. The summed E-state index contributed by atoms with van der Waals surface area (Å²) >= 11 is 0. The van der Waals surface area contributed by atoms with Gasteiger partial charge in [0, 0.05) is 38.3 Å². The summed E-state index contributed by atoms with van der Waals surface area (Å²) in [4.78, 5) is 13.6. The number of anilines is 1. The van der Waals surface area contributed by atoms with E-state index in [1.54, 1.807) is 24.0 Å². The first kappa shape index (κ1) is 15.9. The quantitative estimate of drug-likeness (QED) is 0.871. The summed E-state index contributed by atoms with van der Waals surface area (Å²) in [6.45, 7) is 2.71. The van der Waals surface area contributed by atoms with Gasteiger partial charge in [0.05, 0.1) is 4.90 Å². The van der Waals surface area contributed by atoms with E-state index in [-0.39, 0.29) is 23.4 Å². The van der Waals surface area contributed by atoms with Crippen molar-refractivity contribution in [3.8, 4) is 0 Å². The Morgan fingerprint density at radius 2 is 1.95 bits per heavy atom. The first-order valence-electron chi connectivity index (χ1n) is 6.96. The molecule has 1 fully saturated rings. The average molecular weight is 311 g/mol. The molecule has 1 amide bonds. The summed E-state index contributed by atoms with van der Waals surface area (Å²) < 4.78 is 26.1. The molecule has 1 aromatic rings. The fourth-order valence-corrected chi connectivity index (χ4v) is 3.64. The van der Waals surface area contributed by atoms with E-state index in [0.717, 1.165) is 12.1 Å². The molecule has 2 N–H and O–H groups in total. The molecule has 1 saturated heterocycles. The van der Waals surface area contributed by atoms with E-state index in [2.05, 4.69) is 0 Å². The predicted molar refractivity (Wildman–Crippen MR) is 81.5 cm³/mol. The normalized spacial score (nSPS) is 17.5. The van der Waals surface area contributed by atoms with Gasteiger partial charge in [-0.15, -0.1) is 0 Å². The highest BCUT2D eigenvalue weighted by atomic mass is 32.2. The van der Waals surface area contributed by atoms with Crippen LogP contribution in [0.1, 0.15) is 19.8 Å². The second kappa shape index (κ2) is 6.13. The largest absolute Gasteiger partial charge is 0.329 e. The molecule has 1 heterocycles. The Morgan fingerprint density at radius 3 is 2.43 bits per heavy atom. The molecule has 2 rings (SSSR count). The fraction of sp³-hybridized carbons (Fsp3) is 0.500. The highest BCUT2D eigenvalue weighted by molar-refractivity contribution is 7.89. The Hall–Kier alpha value is -1.44. The second-order valence-electron chi connectivity index (χ2n) is 5.25. The van der Waals surface area contributed by atoms with Gasteiger partial charge in [0.25, 0.3) is 0 Å². The molecule has 116 valence electrons. The summed E-state index contributed by atoms with van der Waals surface area (Å²) in [6.07, 6.45) is 1.40. The van der Waals surface area contributed by atoms with Gasteiger partial charge >= 0.3 is 0 Å². The SMILES string of the molecule is CC(CN)N(C)S(=O)(=O)c1ccc(N2CCCC2=O)cc1. The molecule has 7 heteroatoms.